The zero-order valence-electron chi connectivity index (χ0n) is 12.2. The maximum absolute atomic E-state index is 12.7. The van der Waals surface area contributed by atoms with Crippen molar-refractivity contribution in [2.75, 3.05) is 31.2 Å². The average Bonchev–Trinajstić information content (AvgIpc) is 2.90. The van der Waals surface area contributed by atoms with Gasteiger partial charge in [0.2, 0.25) is 11.8 Å². The van der Waals surface area contributed by atoms with Crippen molar-refractivity contribution >= 4 is 17.5 Å². The van der Waals surface area contributed by atoms with Crippen molar-refractivity contribution in [2.45, 2.75) is 25.8 Å². The molecule has 3 rings (SSSR count). The normalized spacial score (nSPS) is 22.7. The molecule has 2 aliphatic rings. The van der Waals surface area contributed by atoms with Crippen molar-refractivity contribution in [3.8, 4) is 0 Å². The molecule has 1 aromatic rings. The Bertz CT molecular complexity index is 535. The second kappa shape index (κ2) is 5.85. The minimum absolute atomic E-state index is 0.0328. The van der Waals surface area contributed by atoms with Crippen LogP contribution < -0.4 is 4.90 Å². The van der Waals surface area contributed by atoms with Crippen molar-refractivity contribution in [1.82, 2.24) is 4.90 Å². The summed E-state index contributed by atoms with van der Waals surface area (Å²) in [5, 5.41) is 0. The van der Waals surface area contributed by atoms with Crippen LogP contribution in [0.25, 0.3) is 0 Å². The third kappa shape index (κ3) is 2.78. The minimum Gasteiger partial charge on any atom is -0.378 e. The lowest BCUT2D eigenvalue weighted by Crippen LogP contribution is -2.50. The van der Waals surface area contributed by atoms with E-state index in [1.165, 1.54) is 0 Å². The van der Waals surface area contributed by atoms with E-state index in [0.717, 1.165) is 11.3 Å². The zero-order chi connectivity index (χ0) is 14.8. The number of carbonyl (C=O) groups excluding carboxylic acids is 2. The highest BCUT2D eigenvalue weighted by atomic mass is 16.5. The molecular formula is C16H20N2O3. The summed E-state index contributed by atoms with van der Waals surface area (Å²) in [6.45, 7) is 4.40. The summed E-state index contributed by atoms with van der Waals surface area (Å²) in [5.41, 5.74) is 1.95. The van der Waals surface area contributed by atoms with E-state index in [-0.39, 0.29) is 17.9 Å². The molecule has 1 atom stereocenters. The van der Waals surface area contributed by atoms with Crippen LogP contribution in [0.15, 0.2) is 24.3 Å². The van der Waals surface area contributed by atoms with Crippen LogP contribution in [0.3, 0.4) is 0 Å². The van der Waals surface area contributed by atoms with E-state index in [1.807, 2.05) is 36.1 Å². The number of anilines is 1. The van der Waals surface area contributed by atoms with Crippen LogP contribution >= 0.6 is 0 Å². The first kappa shape index (κ1) is 14.1. The van der Waals surface area contributed by atoms with Crippen molar-refractivity contribution < 1.29 is 14.3 Å². The SMILES string of the molecule is Cc1ccc(N2C(=O)CCC2C(=O)N2CCOCC2)cc1. The fraction of sp³-hybridized carbons (Fsp3) is 0.500. The average molecular weight is 288 g/mol. The van der Waals surface area contributed by atoms with Crippen LogP contribution in [0.2, 0.25) is 0 Å². The predicted molar refractivity (Wildman–Crippen MR) is 79.1 cm³/mol. The molecule has 0 saturated carbocycles. The number of amides is 2. The Kier molecular flexibility index (Phi) is 3.92. The lowest BCUT2D eigenvalue weighted by Gasteiger charge is -2.32. The van der Waals surface area contributed by atoms with Crippen LogP contribution in [0.5, 0.6) is 0 Å². The maximum atomic E-state index is 12.7. The molecule has 112 valence electrons. The summed E-state index contributed by atoms with van der Waals surface area (Å²) in [6, 6.07) is 7.41. The Morgan fingerprint density at radius 1 is 1.19 bits per heavy atom. The van der Waals surface area contributed by atoms with E-state index >= 15 is 0 Å². The van der Waals surface area contributed by atoms with Gasteiger partial charge < -0.3 is 9.64 Å². The van der Waals surface area contributed by atoms with Crippen LogP contribution in [-0.4, -0.2) is 49.1 Å². The predicted octanol–water partition coefficient (Wildman–Crippen LogP) is 1.35. The molecule has 0 radical (unpaired) electrons. The Labute approximate surface area is 124 Å². The first-order valence-electron chi connectivity index (χ1n) is 7.42. The van der Waals surface area contributed by atoms with E-state index in [2.05, 4.69) is 0 Å². The van der Waals surface area contributed by atoms with Crippen LogP contribution in [0.4, 0.5) is 5.69 Å². The number of hydrogen-bond donors (Lipinski definition) is 0. The highest BCUT2D eigenvalue weighted by molar-refractivity contribution is 6.03. The lowest BCUT2D eigenvalue weighted by atomic mass is 10.1. The Balaban J connectivity index is 1.81. The molecule has 0 spiro atoms. The molecule has 2 heterocycles. The van der Waals surface area contributed by atoms with Gasteiger partial charge in [0.05, 0.1) is 13.2 Å². The van der Waals surface area contributed by atoms with Crippen LogP contribution in [-0.2, 0) is 14.3 Å². The number of carbonyl (C=O) groups is 2. The molecule has 2 saturated heterocycles. The number of rotatable bonds is 2. The third-order valence-corrected chi connectivity index (χ3v) is 4.13. The van der Waals surface area contributed by atoms with Gasteiger partial charge in [-0.3, -0.25) is 14.5 Å². The van der Waals surface area contributed by atoms with Gasteiger partial charge >= 0.3 is 0 Å². The summed E-state index contributed by atoms with van der Waals surface area (Å²) in [5.74, 6) is 0.0789. The monoisotopic (exact) mass is 288 g/mol. The molecule has 1 aromatic carbocycles. The minimum atomic E-state index is -0.363. The van der Waals surface area contributed by atoms with Gasteiger partial charge in [-0.1, -0.05) is 17.7 Å². The molecule has 1 unspecified atom stereocenters. The second-order valence-corrected chi connectivity index (χ2v) is 5.59. The Morgan fingerprint density at radius 3 is 2.52 bits per heavy atom. The van der Waals surface area contributed by atoms with Crippen molar-refractivity contribution in [1.29, 1.82) is 0 Å². The quantitative estimate of drug-likeness (QED) is 0.825. The Morgan fingerprint density at radius 2 is 1.86 bits per heavy atom. The van der Waals surface area contributed by atoms with E-state index < -0.39 is 0 Å². The third-order valence-electron chi connectivity index (χ3n) is 4.13. The first-order valence-corrected chi connectivity index (χ1v) is 7.42. The van der Waals surface area contributed by atoms with Crippen LogP contribution in [0.1, 0.15) is 18.4 Å². The number of aryl methyl sites for hydroxylation is 1. The fourth-order valence-corrected chi connectivity index (χ4v) is 2.94. The highest BCUT2D eigenvalue weighted by Crippen LogP contribution is 2.28. The number of hydrogen-bond acceptors (Lipinski definition) is 3. The Hall–Kier alpha value is -1.88. The first-order chi connectivity index (χ1) is 10.2. The molecule has 0 N–H and O–H groups in total. The summed E-state index contributed by atoms with van der Waals surface area (Å²) in [6.07, 6.45) is 1.04. The van der Waals surface area contributed by atoms with Gasteiger partial charge in [-0.05, 0) is 25.5 Å². The molecule has 5 nitrogen and oxygen atoms in total. The van der Waals surface area contributed by atoms with E-state index in [9.17, 15) is 9.59 Å². The van der Waals surface area contributed by atoms with Gasteiger partial charge in [0.25, 0.3) is 0 Å². The number of morpholine rings is 1. The van der Waals surface area contributed by atoms with Gasteiger partial charge in [0.15, 0.2) is 0 Å². The standard InChI is InChI=1S/C16H20N2O3/c1-12-2-4-13(5-3-12)18-14(6-7-15(18)19)16(20)17-8-10-21-11-9-17/h2-5,14H,6-11H2,1H3. The maximum Gasteiger partial charge on any atom is 0.245 e. The summed E-state index contributed by atoms with van der Waals surface area (Å²) >= 11 is 0. The zero-order valence-corrected chi connectivity index (χ0v) is 12.2. The summed E-state index contributed by atoms with van der Waals surface area (Å²) in [4.78, 5) is 28.3. The number of benzene rings is 1. The van der Waals surface area contributed by atoms with E-state index in [4.69, 9.17) is 4.74 Å². The summed E-state index contributed by atoms with van der Waals surface area (Å²) in [7, 11) is 0. The van der Waals surface area contributed by atoms with Crippen molar-refractivity contribution in [3.05, 3.63) is 29.8 Å². The van der Waals surface area contributed by atoms with E-state index in [1.54, 1.807) is 4.90 Å². The van der Waals surface area contributed by atoms with Gasteiger partial charge in [0, 0.05) is 25.2 Å². The largest absolute Gasteiger partial charge is 0.378 e. The molecule has 5 heteroatoms. The van der Waals surface area contributed by atoms with Gasteiger partial charge in [-0.15, -0.1) is 0 Å². The summed E-state index contributed by atoms with van der Waals surface area (Å²) < 4.78 is 5.28. The lowest BCUT2D eigenvalue weighted by molar-refractivity contribution is -0.137. The molecule has 2 amide bonds. The number of ether oxygens (including phenoxy) is 1. The fourth-order valence-electron chi connectivity index (χ4n) is 2.94. The molecule has 2 aliphatic heterocycles. The van der Waals surface area contributed by atoms with Gasteiger partial charge in [0.1, 0.15) is 6.04 Å². The molecular weight excluding hydrogens is 268 g/mol. The van der Waals surface area contributed by atoms with Crippen molar-refractivity contribution in [3.63, 3.8) is 0 Å². The molecule has 21 heavy (non-hydrogen) atoms. The van der Waals surface area contributed by atoms with Gasteiger partial charge in [-0.25, -0.2) is 0 Å². The topological polar surface area (TPSA) is 49.9 Å². The van der Waals surface area contributed by atoms with E-state index in [0.29, 0.717) is 39.1 Å². The smallest absolute Gasteiger partial charge is 0.245 e. The number of nitrogens with zero attached hydrogens (tertiary/aromatic N) is 2. The van der Waals surface area contributed by atoms with Crippen LogP contribution in [0, 0.1) is 6.92 Å². The molecule has 0 aromatic heterocycles. The van der Waals surface area contributed by atoms with Crippen molar-refractivity contribution in [2.24, 2.45) is 0 Å². The molecule has 0 bridgehead atoms. The second-order valence-electron chi connectivity index (χ2n) is 5.59. The molecule has 2 fully saturated rings. The highest BCUT2D eigenvalue weighted by Gasteiger charge is 2.39. The van der Waals surface area contributed by atoms with Gasteiger partial charge in [-0.2, -0.15) is 0 Å². The molecule has 0 aliphatic carbocycles.